The molecule has 0 spiro atoms. The summed E-state index contributed by atoms with van der Waals surface area (Å²) < 4.78 is 72.2. The molecule has 2 aliphatic rings. The quantitative estimate of drug-likeness (QED) is 0.0491. The SMILES string of the molecule is CC(C)(C)OC(=O)NC1CCN(CCS(=O)(=O)N(Cc2ccc(C(=O)CN)cc2)c2ccccc2)CC1.COC(=O)c1ccc(CN(c2ccccc2)S(=O)(=O)CCN2CCC(NC(=O)OC(C)(C)C)CC2)cc1. The molecule has 2 fully saturated rings. The molecule has 0 atom stereocenters. The number of rotatable bonds is 19. The molecule has 4 N–H and O–H groups in total. The number of esters is 1. The van der Waals surface area contributed by atoms with Crippen molar-refractivity contribution in [1.82, 2.24) is 20.4 Å². The molecule has 4 aromatic carbocycles. The molecular formula is C54H75N7O11S2. The zero-order valence-corrected chi connectivity index (χ0v) is 45.5. The van der Waals surface area contributed by atoms with Crippen LogP contribution in [0.15, 0.2) is 109 Å². The molecule has 0 bridgehead atoms. The summed E-state index contributed by atoms with van der Waals surface area (Å²) in [4.78, 5) is 51.9. The average molecular weight is 1060 g/mol. The first-order valence-electron chi connectivity index (χ1n) is 25.0. The molecule has 2 aliphatic heterocycles. The number of nitrogens with two attached hydrogens (primary N) is 1. The van der Waals surface area contributed by atoms with Gasteiger partial charge in [-0.25, -0.2) is 31.2 Å². The van der Waals surface area contributed by atoms with Gasteiger partial charge in [0.15, 0.2) is 5.78 Å². The van der Waals surface area contributed by atoms with Gasteiger partial charge in [0.2, 0.25) is 20.0 Å². The van der Waals surface area contributed by atoms with Crippen molar-refractivity contribution in [2.24, 2.45) is 5.73 Å². The first-order chi connectivity index (χ1) is 34.9. The average Bonchev–Trinajstić information content (AvgIpc) is 3.36. The molecular weight excluding hydrogens is 987 g/mol. The van der Waals surface area contributed by atoms with Gasteiger partial charge in [0, 0.05) is 56.9 Å². The van der Waals surface area contributed by atoms with Gasteiger partial charge in [-0.3, -0.25) is 13.4 Å². The van der Waals surface area contributed by atoms with Crippen molar-refractivity contribution >= 4 is 55.4 Å². The van der Waals surface area contributed by atoms with E-state index in [1.165, 1.54) is 15.7 Å². The Hall–Kier alpha value is -6.06. The number of hydrogen-bond donors (Lipinski definition) is 3. The second-order valence-electron chi connectivity index (χ2n) is 20.4. The van der Waals surface area contributed by atoms with E-state index < -0.39 is 49.4 Å². The summed E-state index contributed by atoms with van der Waals surface area (Å²) in [7, 11) is -5.97. The lowest BCUT2D eigenvalue weighted by atomic mass is 10.1. The molecule has 2 heterocycles. The van der Waals surface area contributed by atoms with Crippen LogP contribution in [0.4, 0.5) is 21.0 Å². The van der Waals surface area contributed by atoms with Crippen molar-refractivity contribution in [3.05, 3.63) is 131 Å². The van der Waals surface area contributed by atoms with Crippen LogP contribution in [0, 0.1) is 0 Å². The van der Waals surface area contributed by atoms with Crippen LogP contribution >= 0.6 is 0 Å². The lowest BCUT2D eigenvalue weighted by Gasteiger charge is -2.33. The third-order valence-corrected chi connectivity index (χ3v) is 15.6. The van der Waals surface area contributed by atoms with Crippen molar-refractivity contribution in [1.29, 1.82) is 0 Å². The molecule has 74 heavy (non-hydrogen) atoms. The van der Waals surface area contributed by atoms with E-state index >= 15 is 0 Å². The number of alkyl carbamates (subject to hydrolysis) is 2. The van der Waals surface area contributed by atoms with Crippen molar-refractivity contribution in [3.63, 3.8) is 0 Å². The number of nitrogens with one attached hydrogen (secondary N) is 2. The Morgan fingerprint density at radius 2 is 0.919 bits per heavy atom. The fourth-order valence-corrected chi connectivity index (χ4v) is 11.3. The number of ether oxygens (including phenoxy) is 3. The van der Waals surface area contributed by atoms with Crippen LogP contribution in [0.25, 0.3) is 0 Å². The van der Waals surface area contributed by atoms with Crippen LogP contribution in [0.5, 0.6) is 0 Å². The number of amides is 2. The zero-order valence-electron chi connectivity index (χ0n) is 43.8. The van der Waals surface area contributed by atoms with E-state index in [9.17, 15) is 36.0 Å². The number of para-hydroxylation sites is 2. The van der Waals surface area contributed by atoms with Gasteiger partial charge in [0.25, 0.3) is 0 Å². The maximum absolute atomic E-state index is 13.5. The Morgan fingerprint density at radius 1 is 0.568 bits per heavy atom. The third kappa shape index (κ3) is 19.3. The molecule has 2 saturated heterocycles. The number of anilines is 2. The minimum Gasteiger partial charge on any atom is -0.465 e. The van der Waals surface area contributed by atoms with E-state index in [2.05, 4.69) is 20.4 Å². The molecule has 6 rings (SSSR count). The monoisotopic (exact) mass is 1060 g/mol. The zero-order chi connectivity index (χ0) is 54.1. The van der Waals surface area contributed by atoms with Gasteiger partial charge >= 0.3 is 18.2 Å². The van der Waals surface area contributed by atoms with Crippen molar-refractivity contribution in [3.8, 4) is 0 Å². The first-order valence-corrected chi connectivity index (χ1v) is 28.2. The number of hydrogen-bond acceptors (Lipinski definition) is 14. The van der Waals surface area contributed by atoms with Gasteiger partial charge in [-0.1, -0.05) is 72.8 Å². The molecule has 0 saturated carbocycles. The highest BCUT2D eigenvalue weighted by Gasteiger charge is 2.30. The lowest BCUT2D eigenvalue weighted by molar-refractivity contribution is 0.0468. The second-order valence-corrected chi connectivity index (χ2v) is 24.4. The predicted molar refractivity (Wildman–Crippen MR) is 288 cm³/mol. The Labute approximate surface area is 438 Å². The summed E-state index contributed by atoms with van der Waals surface area (Å²) in [5.41, 5.74) is 7.95. The second kappa shape index (κ2) is 26.9. The van der Waals surface area contributed by atoms with E-state index in [1.54, 1.807) is 84.9 Å². The Kier molecular flexibility index (Phi) is 21.4. The van der Waals surface area contributed by atoms with Gasteiger partial charge in [-0.05, 0) is 115 Å². The van der Waals surface area contributed by atoms with E-state index in [0.717, 1.165) is 36.8 Å². The highest BCUT2D eigenvalue weighted by molar-refractivity contribution is 7.93. The van der Waals surface area contributed by atoms with Gasteiger partial charge in [0.1, 0.15) is 11.2 Å². The number of sulfonamides is 2. The number of ketones is 1. The molecule has 4 aromatic rings. The van der Waals surface area contributed by atoms with Gasteiger partial charge in [-0.2, -0.15) is 0 Å². The maximum Gasteiger partial charge on any atom is 0.407 e. The largest absolute Gasteiger partial charge is 0.465 e. The van der Waals surface area contributed by atoms with E-state index in [1.807, 2.05) is 65.8 Å². The number of methoxy groups -OCH3 is 1. The Morgan fingerprint density at radius 3 is 1.24 bits per heavy atom. The van der Waals surface area contributed by atoms with E-state index in [-0.39, 0.29) is 49.0 Å². The minimum atomic E-state index is -3.65. The van der Waals surface area contributed by atoms with Crippen molar-refractivity contribution in [2.45, 2.75) is 104 Å². The highest BCUT2D eigenvalue weighted by atomic mass is 32.2. The van der Waals surface area contributed by atoms with Crippen LogP contribution < -0.4 is 25.0 Å². The molecule has 20 heteroatoms. The van der Waals surface area contributed by atoms with Crippen LogP contribution in [0.1, 0.15) is 99.1 Å². The lowest BCUT2D eigenvalue weighted by Crippen LogP contribution is -2.47. The smallest absolute Gasteiger partial charge is 0.407 e. The number of benzene rings is 4. The van der Waals surface area contributed by atoms with Crippen LogP contribution in [0.3, 0.4) is 0 Å². The maximum atomic E-state index is 13.5. The summed E-state index contributed by atoms with van der Waals surface area (Å²) in [6, 6.07) is 31.6. The molecule has 404 valence electrons. The minimum absolute atomic E-state index is 0.0106. The molecule has 0 aromatic heterocycles. The fourth-order valence-electron chi connectivity index (χ4n) is 8.26. The Balaban J connectivity index is 0.000000274. The Bertz CT molecular complexity index is 2460. The fraction of sp³-hybridized carbons (Fsp3) is 0.481. The molecule has 2 amide bonds. The van der Waals surface area contributed by atoms with Crippen molar-refractivity contribution in [2.75, 3.05) is 73.0 Å². The number of carbonyl (C=O) groups excluding carboxylic acids is 4. The normalized spacial score (nSPS) is 15.2. The number of nitrogens with zero attached hydrogens (tertiary/aromatic N) is 4. The number of likely N-dealkylation sites (tertiary alicyclic amines) is 2. The van der Waals surface area contributed by atoms with Gasteiger partial charge in [0.05, 0.1) is 55.2 Å². The first kappa shape index (κ1) is 58.8. The highest BCUT2D eigenvalue weighted by Crippen LogP contribution is 2.25. The number of Topliss-reactive ketones (excluding diaryl/α,β-unsaturated/α-hetero) is 1. The molecule has 0 radical (unpaired) electrons. The topological polar surface area (TPSA) is 227 Å². The number of piperidine rings is 2. The van der Waals surface area contributed by atoms with Gasteiger partial charge < -0.3 is 40.4 Å². The number of carbonyl (C=O) groups is 4. The summed E-state index contributed by atoms with van der Waals surface area (Å²) in [5.74, 6) is -0.671. The standard InChI is InChI=1S/C27H38N4O5S.C27H37N3O6S/c1-27(2,3)36-26(33)29-23-13-15-30(16-14-23)17-18-37(34,35)31(24-7-5-4-6-8-24)20-21-9-11-22(12-10-21)25(32)19-28;1-27(2,3)36-26(32)28-23-14-16-29(17-15-23)18-19-37(33,34)30(24-8-6-5-7-9-24)20-21-10-12-22(13-11-21)25(31)35-4/h4-12,23H,13-20,28H2,1-3H3,(H,29,33);5-13,23H,14-20H2,1-4H3,(H,28,32). The molecule has 18 nitrogen and oxygen atoms in total. The summed E-state index contributed by atoms with van der Waals surface area (Å²) in [6.45, 7) is 14.7. The van der Waals surface area contributed by atoms with Crippen LogP contribution in [-0.2, 0) is 47.3 Å². The van der Waals surface area contributed by atoms with Crippen LogP contribution in [-0.4, -0.2) is 138 Å². The van der Waals surface area contributed by atoms with Crippen LogP contribution in [0.2, 0.25) is 0 Å². The third-order valence-electron chi connectivity index (χ3n) is 12.2. The summed E-state index contributed by atoms with van der Waals surface area (Å²) in [5, 5.41) is 5.81. The summed E-state index contributed by atoms with van der Waals surface area (Å²) >= 11 is 0. The predicted octanol–water partition coefficient (Wildman–Crippen LogP) is 6.95. The molecule has 0 aliphatic carbocycles. The van der Waals surface area contributed by atoms with E-state index in [4.69, 9.17) is 19.9 Å². The van der Waals surface area contributed by atoms with Crippen molar-refractivity contribution < 1.29 is 50.2 Å². The molecule has 0 unspecified atom stereocenters. The summed E-state index contributed by atoms with van der Waals surface area (Å²) in [6.07, 6.45) is 2.08. The van der Waals surface area contributed by atoms with Gasteiger partial charge in [-0.15, -0.1) is 0 Å². The van der Waals surface area contributed by atoms with E-state index in [0.29, 0.717) is 61.8 Å².